The molecule has 68 valence electrons. The Hall–Kier alpha value is -2.15. The van der Waals surface area contributed by atoms with Crippen LogP contribution in [0.2, 0.25) is 0 Å². The van der Waals surface area contributed by atoms with Gasteiger partial charge in [-0.3, -0.25) is 4.79 Å². The zero-order valence-corrected chi connectivity index (χ0v) is 7.23. The highest BCUT2D eigenvalue weighted by molar-refractivity contribution is 5.83. The van der Waals surface area contributed by atoms with Gasteiger partial charge in [0.2, 0.25) is 5.89 Å². The predicted molar refractivity (Wildman–Crippen MR) is 48.7 cm³/mol. The van der Waals surface area contributed by atoms with E-state index in [0.717, 1.165) is 6.29 Å². The number of rotatable bonds is 2. The molecule has 14 heavy (non-hydrogen) atoms. The molecule has 0 aliphatic carbocycles. The van der Waals surface area contributed by atoms with E-state index < -0.39 is 0 Å². The molecule has 0 saturated heterocycles. The molecular weight excluding hydrogens is 180 g/mol. The number of carbonyl (C=O) groups is 1. The summed E-state index contributed by atoms with van der Waals surface area (Å²) in [4.78, 5) is 14.5. The number of aromatic nitrogens is 1. The van der Waals surface area contributed by atoms with Crippen molar-refractivity contribution in [2.45, 2.75) is 6.42 Å². The van der Waals surface area contributed by atoms with Crippen LogP contribution in [0.4, 0.5) is 0 Å². The molecular formula is C10H6N2O2. The van der Waals surface area contributed by atoms with Crippen LogP contribution in [0.25, 0.3) is 11.1 Å². The van der Waals surface area contributed by atoms with Gasteiger partial charge < -0.3 is 4.42 Å². The van der Waals surface area contributed by atoms with Crippen LogP contribution >= 0.6 is 0 Å². The van der Waals surface area contributed by atoms with Gasteiger partial charge in [-0.15, -0.1) is 0 Å². The molecule has 0 aliphatic rings. The monoisotopic (exact) mass is 186 g/mol. The molecule has 0 radical (unpaired) electrons. The van der Waals surface area contributed by atoms with Crippen molar-refractivity contribution in [1.82, 2.24) is 4.98 Å². The van der Waals surface area contributed by atoms with E-state index in [1.165, 1.54) is 0 Å². The van der Waals surface area contributed by atoms with Gasteiger partial charge >= 0.3 is 0 Å². The Kier molecular flexibility index (Phi) is 1.99. The summed E-state index contributed by atoms with van der Waals surface area (Å²) in [5.74, 6) is 0.380. The molecule has 1 aromatic carbocycles. The number of hydrogen-bond donors (Lipinski definition) is 0. The van der Waals surface area contributed by atoms with Gasteiger partial charge in [0, 0.05) is 5.56 Å². The first-order valence-electron chi connectivity index (χ1n) is 4.05. The van der Waals surface area contributed by atoms with Gasteiger partial charge in [-0.2, -0.15) is 5.26 Å². The first-order valence-corrected chi connectivity index (χ1v) is 4.05. The zero-order chi connectivity index (χ0) is 9.97. The summed E-state index contributed by atoms with van der Waals surface area (Å²) in [6.07, 6.45) is 0.886. The second-order valence-corrected chi connectivity index (χ2v) is 2.79. The molecule has 1 heterocycles. The Morgan fingerprint density at radius 1 is 1.57 bits per heavy atom. The van der Waals surface area contributed by atoms with E-state index in [2.05, 4.69) is 4.98 Å². The molecule has 0 aliphatic heterocycles. The smallest absolute Gasteiger partial charge is 0.209 e. The van der Waals surface area contributed by atoms with Crippen molar-refractivity contribution in [3.05, 3.63) is 29.7 Å². The van der Waals surface area contributed by atoms with Crippen molar-refractivity contribution in [1.29, 1.82) is 5.26 Å². The normalized spacial score (nSPS) is 9.93. The fraction of sp³-hybridized carbons (Fsp3) is 0.100. The molecule has 0 atom stereocenters. The minimum atomic E-state index is 0.144. The molecule has 0 amide bonds. The van der Waals surface area contributed by atoms with Gasteiger partial charge in [0.25, 0.3) is 0 Å². The van der Waals surface area contributed by atoms with E-state index in [4.69, 9.17) is 9.68 Å². The summed E-state index contributed by atoms with van der Waals surface area (Å²) < 4.78 is 5.26. The number of aldehydes is 1. The second-order valence-electron chi connectivity index (χ2n) is 2.79. The maximum Gasteiger partial charge on any atom is 0.209 e. The van der Waals surface area contributed by atoms with Gasteiger partial charge in [-0.1, -0.05) is 0 Å². The third-order valence-corrected chi connectivity index (χ3v) is 1.82. The van der Waals surface area contributed by atoms with E-state index in [9.17, 15) is 4.79 Å². The van der Waals surface area contributed by atoms with Gasteiger partial charge in [0.1, 0.15) is 18.2 Å². The van der Waals surface area contributed by atoms with Gasteiger partial charge in [0.15, 0.2) is 5.58 Å². The topological polar surface area (TPSA) is 66.9 Å². The highest BCUT2D eigenvalue weighted by Gasteiger charge is 2.05. The Bertz CT molecular complexity index is 522. The Balaban J connectivity index is 2.55. The number of carbonyl (C=O) groups excluding carboxylic acids is 1. The van der Waals surface area contributed by atoms with E-state index in [0.29, 0.717) is 22.6 Å². The average Bonchev–Trinajstić information content (AvgIpc) is 2.59. The number of nitrogens with zero attached hydrogens (tertiary/aromatic N) is 2. The summed E-state index contributed by atoms with van der Waals surface area (Å²) in [5, 5.41) is 8.44. The van der Waals surface area contributed by atoms with Crippen LogP contribution in [0, 0.1) is 11.3 Å². The SMILES string of the molecule is N#CCc1nc2ccc(C=O)cc2o1. The van der Waals surface area contributed by atoms with Crippen LogP contribution < -0.4 is 0 Å². The molecule has 0 spiro atoms. The molecule has 0 unspecified atom stereocenters. The Morgan fingerprint density at radius 3 is 3.14 bits per heavy atom. The van der Waals surface area contributed by atoms with Crippen molar-refractivity contribution in [3.8, 4) is 6.07 Å². The quantitative estimate of drug-likeness (QED) is 0.669. The van der Waals surface area contributed by atoms with E-state index >= 15 is 0 Å². The van der Waals surface area contributed by atoms with Crippen LogP contribution in [0.15, 0.2) is 22.6 Å². The van der Waals surface area contributed by atoms with Crippen molar-refractivity contribution in [2.75, 3.05) is 0 Å². The number of oxazole rings is 1. The Morgan fingerprint density at radius 2 is 2.43 bits per heavy atom. The number of hydrogen-bond acceptors (Lipinski definition) is 4. The van der Waals surface area contributed by atoms with Gasteiger partial charge in [-0.05, 0) is 18.2 Å². The maximum absolute atomic E-state index is 10.5. The highest BCUT2D eigenvalue weighted by atomic mass is 16.3. The largest absolute Gasteiger partial charge is 0.440 e. The van der Waals surface area contributed by atoms with Crippen LogP contribution in [0.5, 0.6) is 0 Å². The standard InChI is InChI=1S/C10H6N2O2/c11-4-3-10-12-8-2-1-7(6-13)5-9(8)14-10/h1-2,5-6H,3H2. The summed E-state index contributed by atoms with van der Waals surface area (Å²) >= 11 is 0. The van der Waals surface area contributed by atoms with Crippen LogP contribution in [0.3, 0.4) is 0 Å². The first kappa shape index (κ1) is 8.45. The summed E-state index contributed by atoms with van der Waals surface area (Å²) in [7, 11) is 0. The van der Waals surface area contributed by atoms with Crippen LogP contribution in [0.1, 0.15) is 16.2 Å². The van der Waals surface area contributed by atoms with Crippen molar-refractivity contribution in [2.24, 2.45) is 0 Å². The fourth-order valence-electron chi connectivity index (χ4n) is 1.21. The minimum Gasteiger partial charge on any atom is -0.440 e. The first-order chi connectivity index (χ1) is 6.83. The molecule has 2 aromatic rings. The van der Waals surface area contributed by atoms with Gasteiger partial charge in [-0.25, -0.2) is 4.98 Å². The lowest BCUT2D eigenvalue weighted by molar-refractivity contribution is 0.112. The molecule has 1 aromatic heterocycles. The summed E-state index contributed by atoms with van der Waals surface area (Å²) in [6, 6.07) is 6.91. The molecule has 0 bridgehead atoms. The zero-order valence-electron chi connectivity index (χ0n) is 7.23. The minimum absolute atomic E-state index is 0.144. The maximum atomic E-state index is 10.5. The second kappa shape index (κ2) is 3.30. The van der Waals surface area contributed by atoms with Gasteiger partial charge in [0.05, 0.1) is 6.07 Å². The number of nitriles is 1. The number of benzene rings is 1. The van der Waals surface area contributed by atoms with Crippen LogP contribution in [-0.4, -0.2) is 11.3 Å². The van der Waals surface area contributed by atoms with E-state index in [1.807, 2.05) is 6.07 Å². The fourth-order valence-corrected chi connectivity index (χ4v) is 1.21. The lowest BCUT2D eigenvalue weighted by Gasteiger charge is -1.87. The van der Waals surface area contributed by atoms with E-state index in [1.54, 1.807) is 18.2 Å². The third-order valence-electron chi connectivity index (χ3n) is 1.82. The van der Waals surface area contributed by atoms with E-state index in [-0.39, 0.29) is 6.42 Å². The summed E-state index contributed by atoms with van der Waals surface area (Å²) in [5.41, 5.74) is 1.75. The Labute approximate surface area is 79.8 Å². The number of fused-ring (bicyclic) bond motifs is 1. The van der Waals surface area contributed by atoms with Crippen molar-refractivity contribution >= 4 is 17.4 Å². The van der Waals surface area contributed by atoms with Crippen molar-refractivity contribution < 1.29 is 9.21 Å². The molecule has 4 nitrogen and oxygen atoms in total. The average molecular weight is 186 g/mol. The molecule has 0 N–H and O–H groups in total. The van der Waals surface area contributed by atoms with Crippen molar-refractivity contribution in [3.63, 3.8) is 0 Å². The summed E-state index contributed by atoms with van der Waals surface area (Å²) in [6.45, 7) is 0. The lowest BCUT2D eigenvalue weighted by Crippen LogP contribution is -1.78. The third kappa shape index (κ3) is 1.36. The molecule has 0 fully saturated rings. The highest BCUT2D eigenvalue weighted by Crippen LogP contribution is 2.16. The lowest BCUT2D eigenvalue weighted by atomic mass is 10.2. The molecule has 4 heteroatoms. The molecule has 0 saturated carbocycles. The predicted octanol–water partition coefficient (Wildman–Crippen LogP) is 1.71. The molecule has 2 rings (SSSR count). The van der Waals surface area contributed by atoms with Crippen LogP contribution in [-0.2, 0) is 6.42 Å².